The van der Waals surface area contributed by atoms with Gasteiger partial charge in [0.2, 0.25) is 0 Å². The first-order valence-corrected chi connectivity index (χ1v) is 5.12. The van der Waals surface area contributed by atoms with Crippen LogP contribution in [0.15, 0.2) is 0 Å². The molecule has 0 radical (unpaired) electrons. The lowest BCUT2D eigenvalue weighted by Crippen LogP contribution is -3.07. The summed E-state index contributed by atoms with van der Waals surface area (Å²) >= 11 is 0. The summed E-state index contributed by atoms with van der Waals surface area (Å²) in [7, 11) is 10.3. The summed E-state index contributed by atoms with van der Waals surface area (Å²) in [5, 5.41) is 3.15. The van der Waals surface area contributed by atoms with Gasteiger partial charge < -0.3 is 15.1 Å². The van der Waals surface area contributed by atoms with Crippen molar-refractivity contribution in [2.24, 2.45) is 0 Å². The van der Waals surface area contributed by atoms with Crippen molar-refractivity contribution in [1.82, 2.24) is 10.2 Å². The van der Waals surface area contributed by atoms with Gasteiger partial charge in [-0.25, -0.2) is 0 Å². The molecule has 0 fully saturated rings. The Labute approximate surface area is 83.1 Å². The Morgan fingerprint density at radius 2 is 1.85 bits per heavy atom. The Bertz CT molecular complexity index is 104. The summed E-state index contributed by atoms with van der Waals surface area (Å²) < 4.78 is 0. The molecule has 0 rings (SSSR count). The molecule has 0 aromatic carbocycles. The van der Waals surface area contributed by atoms with E-state index in [1.807, 2.05) is 7.05 Å². The first kappa shape index (κ1) is 12.9. The molecular formula is C10H25N3. The van der Waals surface area contributed by atoms with Gasteiger partial charge in [-0.1, -0.05) is 0 Å². The zero-order chi connectivity index (χ0) is 10.1. The molecule has 1 unspecified atom stereocenters. The Kier molecular flexibility index (Phi) is 8.40. The monoisotopic (exact) mass is 187 g/mol. The molecule has 13 heavy (non-hydrogen) atoms. The zero-order valence-electron chi connectivity index (χ0n) is 9.40. The quantitative estimate of drug-likeness (QED) is 0.384. The van der Waals surface area contributed by atoms with Crippen LogP contribution in [0.1, 0.15) is 12.8 Å². The highest BCUT2D eigenvalue weighted by atomic mass is 15.1. The number of hydrogen-bond donors (Lipinski definition) is 2. The normalized spacial score (nSPS) is 13.6. The van der Waals surface area contributed by atoms with Gasteiger partial charge in [-0.15, -0.1) is 0 Å². The van der Waals surface area contributed by atoms with Gasteiger partial charge in [-0.05, 0) is 21.1 Å². The molecule has 1 atom stereocenters. The average molecular weight is 187 g/mol. The molecule has 3 nitrogen and oxygen atoms in total. The summed E-state index contributed by atoms with van der Waals surface area (Å²) in [4.78, 5) is 3.62. The van der Waals surface area contributed by atoms with Crippen LogP contribution in [-0.2, 0) is 0 Å². The van der Waals surface area contributed by atoms with E-state index in [9.17, 15) is 0 Å². The molecule has 80 valence electrons. The van der Waals surface area contributed by atoms with Gasteiger partial charge in [0, 0.05) is 25.9 Å². The average Bonchev–Trinajstić information content (AvgIpc) is 2.04. The van der Waals surface area contributed by atoms with E-state index >= 15 is 0 Å². The van der Waals surface area contributed by atoms with Crippen LogP contribution >= 0.6 is 0 Å². The highest BCUT2D eigenvalue weighted by Crippen LogP contribution is 1.78. The van der Waals surface area contributed by atoms with Gasteiger partial charge in [0.1, 0.15) is 0 Å². The molecule has 0 aromatic rings. The summed E-state index contributed by atoms with van der Waals surface area (Å²) in [5.74, 6) is 0. The fourth-order valence-electron chi connectivity index (χ4n) is 1.29. The molecule has 0 aliphatic heterocycles. The van der Waals surface area contributed by atoms with Crippen molar-refractivity contribution in [1.29, 1.82) is 0 Å². The predicted molar refractivity (Wildman–Crippen MR) is 57.8 cm³/mol. The molecular weight excluding hydrogens is 162 g/mol. The van der Waals surface area contributed by atoms with Crippen molar-refractivity contribution in [2.45, 2.75) is 12.8 Å². The maximum absolute atomic E-state index is 4.08. The van der Waals surface area contributed by atoms with E-state index in [1.165, 1.54) is 37.4 Å². The van der Waals surface area contributed by atoms with Gasteiger partial charge in [0.25, 0.3) is 0 Å². The van der Waals surface area contributed by atoms with Crippen molar-refractivity contribution in [3.63, 3.8) is 0 Å². The lowest BCUT2D eigenvalue weighted by atomic mass is 10.3. The van der Waals surface area contributed by atoms with Crippen molar-refractivity contribution >= 4 is 0 Å². The molecule has 0 aliphatic rings. The van der Waals surface area contributed by atoms with Crippen LogP contribution in [0.25, 0.3) is 0 Å². The third-order valence-electron chi connectivity index (χ3n) is 2.09. The van der Waals surface area contributed by atoms with E-state index in [0.717, 1.165) is 6.54 Å². The lowest BCUT2D eigenvalue weighted by Gasteiger charge is -2.21. The Balaban J connectivity index is 3.15. The molecule has 0 aromatic heterocycles. The number of quaternary nitrogens is 1. The summed E-state index contributed by atoms with van der Waals surface area (Å²) in [5.41, 5.74) is 0. The first-order valence-electron chi connectivity index (χ1n) is 5.12. The summed E-state index contributed by atoms with van der Waals surface area (Å²) in [6.07, 6.45) is 2.46. The fraction of sp³-hybridized carbons (Fsp3) is 0.900. The van der Waals surface area contributed by atoms with Crippen LogP contribution in [-0.4, -0.2) is 52.2 Å². The SMILES string of the molecule is [CH2-][NH+](CCCNC)CCCN(C)C. The van der Waals surface area contributed by atoms with Crippen molar-refractivity contribution < 1.29 is 4.90 Å². The molecule has 0 saturated heterocycles. The van der Waals surface area contributed by atoms with Crippen LogP contribution < -0.4 is 10.2 Å². The Morgan fingerprint density at radius 3 is 2.38 bits per heavy atom. The van der Waals surface area contributed by atoms with E-state index < -0.39 is 0 Å². The molecule has 3 heteroatoms. The first-order chi connectivity index (χ1) is 6.16. The smallest absolute Gasteiger partial charge is 0.0542 e. The van der Waals surface area contributed by atoms with E-state index in [0.29, 0.717) is 0 Å². The largest absolute Gasteiger partial charge is 0.468 e. The van der Waals surface area contributed by atoms with Crippen molar-refractivity contribution in [3.8, 4) is 0 Å². The molecule has 0 bridgehead atoms. The minimum absolute atomic E-state index is 1.10. The number of hydrogen-bond acceptors (Lipinski definition) is 2. The second-order valence-corrected chi connectivity index (χ2v) is 3.86. The molecule has 0 heterocycles. The topological polar surface area (TPSA) is 19.7 Å². The minimum Gasteiger partial charge on any atom is -0.468 e. The van der Waals surface area contributed by atoms with Crippen LogP contribution in [0.4, 0.5) is 0 Å². The van der Waals surface area contributed by atoms with Gasteiger partial charge in [-0.3, -0.25) is 0 Å². The second kappa shape index (κ2) is 8.48. The van der Waals surface area contributed by atoms with Crippen molar-refractivity contribution in [2.75, 3.05) is 47.3 Å². The van der Waals surface area contributed by atoms with Gasteiger partial charge in [-0.2, -0.15) is 7.05 Å². The maximum Gasteiger partial charge on any atom is 0.0542 e. The summed E-state index contributed by atoms with van der Waals surface area (Å²) in [6.45, 7) is 4.63. The molecule has 2 N–H and O–H groups in total. The van der Waals surface area contributed by atoms with Crippen molar-refractivity contribution in [3.05, 3.63) is 7.05 Å². The van der Waals surface area contributed by atoms with Crippen LogP contribution in [0, 0.1) is 7.05 Å². The van der Waals surface area contributed by atoms with Gasteiger partial charge in [0.05, 0.1) is 13.1 Å². The predicted octanol–water partition coefficient (Wildman–Crippen LogP) is -0.776. The van der Waals surface area contributed by atoms with E-state index in [-0.39, 0.29) is 0 Å². The minimum atomic E-state index is 1.10. The van der Waals surface area contributed by atoms with Gasteiger partial charge in [0.15, 0.2) is 0 Å². The van der Waals surface area contributed by atoms with E-state index in [2.05, 4.69) is 31.4 Å². The molecule has 0 spiro atoms. The molecule has 0 amide bonds. The molecule has 0 saturated carbocycles. The summed E-state index contributed by atoms with van der Waals surface area (Å²) in [6, 6.07) is 0. The Hall–Kier alpha value is -0.120. The van der Waals surface area contributed by atoms with Crippen LogP contribution in [0.5, 0.6) is 0 Å². The second-order valence-electron chi connectivity index (χ2n) is 3.86. The highest BCUT2D eigenvalue weighted by molar-refractivity contribution is 4.43. The standard InChI is InChI=1S/C10H25N3/c1-11-7-5-9-13(4)10-6-8-12(2)3/h11,13H,4-10H2,1-3H3. The number of nitrogens with zero attached hydrogens (tertiary/aromatic N) is 1. The lowest BCUT2D eigenvalue weighted by molar-refractivity contribution is -0.854. The van der Waals surface area contributed by atoms with Crippen LogP contribution in [0.3, 0.4) is 0 Å². The zero-order valence-corrected chi connectivity index (χ0v) is 9.40. The number of nitrogens with one attached hydrogen (secondary N) is 2. The maximum atomic E-state index is 4.08. The van der Waals surface area contributed by atoms with E-state index in [4.69, 9.17) is 0 Å². The van der Waals surface area contributed by atoms with E-state index in [1.54, 1.807) is 0 Å². The fourth-order valence-corrected chi connectivity index (χ4v) is 1.29. The molecule has 0 aliphatic carbocycles. The third kappa shape index (κ3) is 9.80. The van der Waals surface area contributed by atoms with Gasteiger partial charge >= 0.3 is 0 Å². The Morgan fingerprint density at radius 1 is 1.23 bits per heavy atom. The highest BCUT2D eigenvalue weighted by Gasteiger charge is 1.96. The third-order valence-corrected chi connectivity index (χ3v) is 2.09. The number of rotatable bonds is 8. The van der Waals surface area contributed by atoms with Crippen LogP contribution in [0.2, 0.25) is 0 Å².